The average Bonchev–Trinajstić information content (AvgIpc) is 3.03. The summed E-state index contributed by atoms with van der Waals surface area (Å²) in [6.45, 7) is 4.71. The molecule has 0 spiro atoms. The molecule has 1 aromatic carbocycles. The van der Waals surface area contributed by atoms with Crippen molar-refractivity contribution in [3.8, 4) is 0 Å². The Hall–Kier alpha value is -2.67. The third kappa shape index (κ3) is 4.24. The molecule has 1 aliphatic rings. The Morgan fingerprint density at radius 1 is 1.20 bits per heavy atom. The van der Waals surface area contributed by atoms with Crippen molar-refractivity contribution in [2.45, 2.75) is 6.92 Å². The van der Waals surface area contributed by atoms with E-state index in [1.165, 1.54) is 30.5 Å². The molecule has 132 valence electrons. The number of carbonyl (C=O) groups excluding carboxylic acids is 2. The molecule has 0 radical (unpaired) electrons. The smallest absolute Gasteiger partial charge is 0.279 e. The summed E-state index contributed by atoms with van der Waals surface area (Å²) in [7, 11) is 0. The van der Waals surface area contributed by atoms with E-state index in [0.717, 1.165) is 4.90 Å². The Morgan fingerprint density at radius 3 is 2.48 bits per heavy atom. The summed E-state index contributed by atoms with van der Waals surface area (Å²) in [6.07, 6.45) is 1.52. The minimum atomic E-state index is -0.336. The number of hydrogen-bond acceptors (Lipinski definition) is 3. The summed E-state index contributed by atoms with van der Waals surface area (Å²) in [5, 5.41) is 2.76. The second-order valence-electron chi connectivity index (χ2n) is 6.16. The molecule has 6 nitrogen and oxygen atoms in total. The van der Waals surface area contributed by atoms with Crippen LogP contribution in [0.3, 0.4) is 0 Å². The summed E-state index contributed by atoms with van der Waals surface area (Å²) in [5.41, 5.74) is 1.17. The molecule has 1 saturated heterocycles. The van der Waals surface area contributed by atoms with E-state index in [-0.39, 0.29) is 17.6 Å². The normalized spacial score (nSPS) is 15.2. The molecule has 2 aromatic rings. The number of nitrogens with zero attached hydrogens (tertiary/aromatic N) is 1. The Bertz CT molecular complexity index is 749. The largest absolute Gasteiger partial charge is 0.469 e. The van der Waals surface area contributed by atoms with Gasteiger partial charge in [0.25, 0.3) is 11.8 Å². The zero-order chi connectivity index (χ0) is 17.8. The van der Waals surface area contributed by atoms with Gasteiger partial charge in [-0.15, -0.1) is 0 Å². The molecule has 0 saturated carbocycles. The monoisotopic (exact) mass is 346 g/mol. The van der Waals surface area contributed by atoms with E-state index >= 15 is 0 Å². The zero-order valence-corrected chi connectivity index (χ0v) is 14.0. The third-order valence-electron chi connectivity index (χ3n) is 4.39. The molecule has 3 rings (SSSR count). The first-order valence-electron chi connectivity index (χ1n) is 8.25. The van der Waals surface area contributed by atoms with Gasteiger partial charge in [-0.1, -0.05) is 0 Å². The molecule has 0 atom stereocenters. The van der Waals surface area contributed by atoms with E-state index in [2.05, 4.69) is 5.32 Å². The van der Waals surface area contributed by atoms with Crippen LogP contribution in [0.5, 0.6) is 0 Å². The molecular weight excluding hydrogens is 325 g/mol. The number of amides is 2. The van der Waals surface area contributed by atoms with Gasteiger partial charge in [-0.05, 0) is 37.3 Å². The Labute approximate surface area is 145 Å². The maximum absolute atomic E-state index is 12.9. The van der Waals surface area contributed by atoms with Crippen LogP contribution in [0.2, 0.25) is 0 Å². The van der Waals surface area contributed by atoms with E-state index in [1.54, 1.807) is 17.9 Å². The Balaban J connectivity index is 1.47. The van der Waals surface area contributed by atoms with E-state index < -0.39 is 0 Å². The van der Waals surface area contributed by atoms with Gasteiger partial charge in [0.2, 0.25) is 0 Å². The van der Waals surface area contributed by atoms with Crippen LogP contribution in [0.25, 0.3) is 0 Å². The highest BCUT2D eigenvalue weighted by Crippen LogP contribution is 2.12. The van der Waals surface area contributed by atoms with E-state index in [1.807, 2.05) is 0 Å². The number of quaternary nitrogens is 1. The van der Waals surface area contributed by atoms with E-state index in [0.29, 0.717) is 49.7 Å². The predicted molar refractivity (Wildman–Crippen MR) is 89.9 cm³/mol. The van der Waals surface area contributed by atoms with Crippen molar-refractivity contribution >= 4 is 17.5 Å². The van der Waals surface area contributed by atoms with Gasteiger partial charge in [0.05, 0.1) is 38.0 Å². The van der Waals surface area contributed by atoms with Crippen LogP contribution in [0, 0.1) is 12.7 Å². The van der Waals surface area contributed by atoms with Gasteiger partial charge >= 0.3 is 0 Å². The van der Waals surface area contributed by atoms with Crippen molar-refractivity contribution in [3.05, 3.63) is 53.7 Å². The average molecular weight is 346 g/mol. The van der Waals surface area contributed by atoms with Crippen LogP contribution in [0.4, 0.5) is 10.1 Å². The minimum absolute atomic E-state index is 0.0268. The number of furan rings is 1. The molecular formula is C18H21FN3O3+. The van der Waals surface area contributed by atoms with Gasteiger partial charge in [0.1, 0.15) is 11.6 Å². The molecule has 0 bridgehead atoms. The molecule has 25 heavy (non-hydrogen) atoms. The molecule has 0 unspecified atom stereocenters. The molecule has 1 aromatic heterocycles. The van der Waals surface area contributed by atoms with Crippen LogP contribution in [-0.2, 0) is 4.79 Å². The molecule has 2 N–H and O–H groups in total. The van der Waals surface area contributed by atoms with Crippen molar-refractivity contribution in [3.63, 3.8) is 0 Å². The van der Waals surface area contributed by atoms with Crippen LogP contribution in [0.1, 0.15) is 16.1 Å². The van der Waals surface area contributed by atoms with Crippen molar-refractivity contribution in [2.24, 2.45) is 0 Å². The predicted octanol–water partition coefficient (Wildman–Crippen LogP) is 0.707. The standard InChI is InChI=1S/C18H20FN3O3/c1-13-16(6-11-25-13)18(24)22-9-7-21(8-10-22)12-17(23)20-15-4-2-14(19)3-5-15/h2-6,11H,7-10,12H2,1H3,(H,20,23)/p+1. The number of halogens is 1. The maximum atomic E-state index is 12.9. The molecule has 0 aliphatic carbocycles. The fourth-order valence-electron chi connectivity index (χ4n) is 2.95. The highest BCUT2D eigenvalue weighted by atomic mass is 19.1. The number of benzene rings is 1. The molecule has 7 heteroatoms. The SMILES string of the molecule is Cc1occc1C(=O)N1CC[NH+](CC(=O)Nc2ccc(F)cc2)CC1. The van der Waals surface area contributed by atoms with Gasteiger partial charge in [0.15, 0.2) is 6.54 Å². The van der Waals surface area contributed by atoms with Gasteiger partial charge < -0.3 is 19.5 Å². The number of carbonyl (C=O) groups is 2. The first kappa shape index (κ1) is 17.2. The van der Waals surface area contributed by atoms with Gasteiger partial charge in [-0.25, -0.2) is 4.39 Å². The highest BCUT2D eigenvalue weighted by Gasteiger charge is 2.27. The van der Waals surface area contributed by atoms with E-state index in [4.69, 9.17) is 4.42 Å². The molecule has 2 heterocycles. The first-order chi connectivity index (χ1) is 12.0. The van der Waals surface area contributed by atoms with E-state index in [9.17, 15) is 14.0 Å². The van der Waals surface area contributed by atoms with Gasteiger partial charge in [-0.2, -0.15) is 0 Å². The number of aryl methyl sites for hydroxylation is 1. The van der Waals surface area contributed by atoms with Crippen LogP contribution < -0.4 is 10.2 Å². The zero-order valence-electron chi connectivity index (χ0n) is 14.0. The van der Waals surface area contributed by atoms with Crippen molar-refractivity contribution < 1.29 is 23.3 Å². The maximum Gasteiger partial charge on any atom is 0.279 e. The van der Waals surface area contributed by atoms with Crippen LogP contribution in [0.15, 0.2) is 41.0 Å². The lowest BCUT2D eigenvalue weighted by molar-refractivity contribution is -0.895. The highest BCUT2D eigenvalue weighted by molar-refractivity contribution is 5.95. The third-order valence-corrected chi connectivity index (χ3v) is 4.39. The summed E-state index contributed by atoms with van der Waals surface area (Å²) < 4.78 is 18.1. The van der Waals surface area contributed by atoms with Crippen LogP contribution in [-0.4, -0.2) is 49.4 Å². The lowest BCUT2D eigenvalue weighted by Crippen LogP contribution is -3.15. The quantitative estimate of drug-likeness (QED) is 0.857. The first-order valence-corrected chi connectivity index (χ1v) is 8.25. The number of piperazine rings is 1. The van der Waals surface area contributed by atoms with Gasteiger partial charge in [-0.3, -0.25) is 9.59 Å². The number of hydrogen-bond donors (Lipinski definition) is 2. The number of rotatable bonds is 4. The van der Waals surface area contributed by atoms with Crippen molar-refractivity contribution in [2.75, 3.05) is 38.0 Å². The molecule has 2 amide bonds. The fourth-order valence-corrected chi connectivity index (χ4v) is 2.95. The fraction of sp³-hybridized carbons (Fsp3) is 0.333. The molecule has 1 fully saturated rings. The summed E-state index contributed by atoms with van der Waals surface area (Å²) in [5.74, 6) is 0.142. The van der Waals surface area contributed by atoms with Crippen molar-refractivity contribution in [1.82, 2.24) is 4.90 Å². The van der Waals surface area contributed by atoms with Crippen molar-refractivity contribution in [1.29, 1.82) is 0 Å². The lowest BCUT2D eigenvalue weighted by atomic mass is 10.2. The van der Waals surface area contributed by atoms with Crippen LogP contribution >= 0.6 is 0 Å². The Morgan fingerprint density at radius 2 is 1.88 bits per heavy atom. The summed E-state index contributed by atoms with van der Waals surface area (Å²) >= 11 is 0. The second kappa shape index (κ2) is 7.48. The second-order valence-corrected chi connectivity index (χ2v) is 6.16. The summed E-state index contributed by atoms with van der Waals surface area (Å²) in [6, 6.07) is 7.38. The van der Waals surface area contributed by atoms with Gasteiger partial charge in [0, 0.05) is 5.69 Å². The minimum Gasteiger partial charge on any atom is -0.469 e. The topological polar surface area (TPSA) is 67.0 Å². The Kier molecular flexibility index (Phi) is 5.14. The lowest BCUT2D eigenvalue weighted by Gasteiger charge is -2.31. The summed E-state index contributed by atoms with van der Waals surface area (Å²) in [4.78, 5) is 27.4. The molecule has 1 aliphatic heterocycles. The number of anilines is 1. The number of nitrogens with one attached hydrogen (secondary N) is 2.